The van der Waals surface area contributed by atoms with Crippen LogP contribution in [0.25, 0.3) is 0 Å². The van der Waals surface area contributed by atoms with Crippen molar-refractivity contribution in [1.29, 1.82) is 0 Å². The number of anilines is 1. The van der Waals surface area contributed by atoms with Gasteiger partial charge in [0, 0.05) is 43.9 Å². The molecule has 1 aromatic rings. The SMILES string of the molecule is Cc1cc(CNC2CC2)ccc1N1CCC(CO)C1. The monoisotopic (exact) mass is 260 g/mol. The van der Waals surface area contributed by atoms with Gasteiger partial charge in [-0.15, -0.1) is 0 Å². The Morgan fingerprint density at radius 1 is 1.32 bits per heavy atom. The highest BCUT2D eigenvalue weighted by Crippen LogP contribution is 2.27. The third-order valence-electron chi connectivity index (χ3n) is 4.32. The maximum Gasteiger partial charge on any atom is 0.0476 e. The molecule has 1 saturated heterocycles. The van der Waals surface area contributed by atoms with E-state index in [1.54, 1.807) is 0 Å². The van der Waals surface area contributed by atoms with E-state index in [-0.39, 0.29) is 0 Å². The summed E-state index contributed by atoms with van der Waals surface area (Å²) in [6.45, 7) is 5.58. The van der Waals surface area contributed by atoms with E-state index >= 15 is 0 Å². The maximum absolute atomic E-state index is 9.24. The first-order chi connectivity index (χ1) is 9.26. The number of aliphatic hydroxyl groups is 1. The molecule has 1 aromatic carbocycles. The van der Waals surface area contributed by atoms with Gasteiger partial charge in [-0.1, -0.05) is 12.1 Å². The second kappa shape index (κ2) is 5.51. The van der Waals surface area contributed by atoms with Crippen molar-refractivity contribution >= 4 is 5.69 Å². The minimum absolute atomic E-state index is 0.318. The van der Waals surface area contributed by atoms with E-state index in [4.69, 9.17) is 0 Å². The summed E-state index contributed by atoms with van der Waals surface area (Å²) in [6, 6.07) is 7.56. The zero-order valence-corrected chi connectivity index (χ0v) is 11.7. The van der Waals surface area contributed by atoms with Crippen LogP contribution >= 0.6 is 0 Å². The fourth-order valence-corrected chi connectivity index (χ4v) is 2.93. The minimum atomic E-state index is 0.318. The van der Waals surface area contributed by atoms with E-state index in [9.17, 15) is 5.11 Å². The molecule has 0 amide bonds. The summed E-state index contributed by atoms with van der Waals surface area (Å²) >= 11 is 0. The molecule has 1 saturated carbocycles. The molecule has 2 aliphatic rings. The number of aryl methyl sites for hydroxylation is 1. The molecule has 104 valence electrons. The Labute approximate surface area is 115 Å². The first kappa shape index (κ1) is 12.9. The molecule has 2 fully saturated rings. The van der Waals surface area contributed by atoms with Gasteiger partial charge in [0.25, 0.3) is 0 Å². The molecular formula is C16H24N2O. The van der Waals surface area contributed by atoms with Crippen LogP contribution in [-0.2, 0) is 6.54 Å². The van der Waals surface area contributed by atoms with Crippen molar-refractivity contribution < 1.29 is 5.11 Å². The molecule has 1 aliphatic heterocycles. The largest absolute Gasteiger partial charge is 0.396 e. The van der Waals surface area contributed by atoms with Crippen molar-refractivity contribution in [2.75, 3.05) is 24.6 Å². The van der Waals surface area contributed by atoms with Crippen molar-refractivity contribution in [3.63, 3.8) is 0 Å². The lowest BCUT2D eigenvalue weighted by atomic mass is 10.1. The van der Waals surface area contributed by atoms with Gasteiger partial charge in [-0.3, -0.25) is 0 Å². The van der Waals surface area contributed by atoms with Gasteiger partial charge >= 0.3 is 0 Å². The Hall–Kier alpha value is -1.06. The topological polar surface area (TPSA) is 35.5 Å². The Bertz CT molecular complexity index is 442. The van der Waals surface area contributed by atoms with E-state index in [0.29, 0.717) is 12.5 Å². The van der Waals surface area contributed by atoms with Gasteiger partial charge in [0.15, 0.2) is 0 Å². The fraction of sp³-hybridized carbons (Fsp3) is 0.625. The number of hydrogen-bond acceptors (Lipinski definition) is 3. The molecule has 0 spiro atoms. The van der Waals surface area contributed by atoms with Crippen LogP contribution < -0.4 is 10.2 Å². The Balaban J connectivity index is 1.65. The Morgan fingerprint density at radius 3 is 2.79 bits per heavy atom. The van der Waals surface area contributed by atoms with Crippen molar-refractivity contribution in [3.8, 4) is 0 Å². The highest BCUT2D eigenvalue weighted by Gasteiger charge is 2.23. The average molecular weight is 260 g/mol. The van der Waals surface area contributed by atoms with Gasteiger partial charge in [0.1, 0.15) is 0 Å². The fourth-order valence-electron chi connectivity index (χ4n) is 2.93. The van der Waals surface area contributed by atoms with Gasteiger partial charge in [0.05, 0.1) is 0 Å². The number of rotatable bonds is 5. The van der Waals surface area contributed by atoms with Crippen LogP contribution in [0.15, 0.2) is 18.2 Å². The molecule has 0 aromatic heterocycles. The quantitative estimate of drug-likeness (QED) is 0.850. The molecule has 0 radical (unpaired) electrons. The average Bonchev–Trinajstić information content (AvgIpc) is 3.13. The second-order valence-corrected chi connectivity index (χ2v) is 6.06. The van der Waals surface area contributed by atoms with Crippen molar-refractivity contribution in [1.82, 2.24) is 5.32 Å². The molecule has 1 unspecified atom stereocenters. The zero-order valence-electron chi connectivity index (χ0n) is 11.7. The van der Waals surface area contributed by atoms with Gasteiger partial charge < -0.3 is 15.3 Å². The van der Waals surface area contributed by atoms with Crippen LogP contribution in [-0.4, -0.2) is 30.8 Å². The summed E-state index contributed by atoms with van der Waals surface area (Å²) in [5.74, 6) is 0.454. The molecule has 1 aliphatic carbocycles. The molecule has 1 heterocycles. The smallest absolute Gasteiger partial charge is 0.0476 e. The summed E-state index contributed by atoms with van der Waals surface area (Å²) in [4.78, 5) is 2.41. The van der Waals surface area contributed by atoms with Crippen molar-refractivity contribution in [3.05, 3.63) is 29.3 Å². The van der Waals surface area contributed by atoms with E-state index < -0.39 is 0 Å². The lowest BCUT2D eigenvalue weighted by Gasteiger charge is -2.21. The molecule has 3 rings (SSSR count). The van der Waals surface area contributed by atoms with E-state index in [0.717, 1.165) is 32.1 Å². The standard InChI is InChI=1S/C16H24N2O/c1-12-8-13(9-17-15-3-4-15)2-5-16(12)18-7-6-14(10-18)11-19/h2,5,8,14-15,17,19H,3-4,6-7,9-11H2,1H3. The number of nitrogens with one attached hydrogen (secondary N) is 1. The van der Waals surface area contributed by atoms with E-state index in [2.05, 4.69) is 35.3 Å². The first-order valence-electron chi connectivity index (χ1n) is 7.45. The first-order valence-corrected chi connectivity index (χ1v) is 7.45. The predicted molar refractivity (Wildman–Crippen MR) is 78.4 cm³/mol. The van der Waals surface area contributed by atoms with Gasteiger partial charge in [-0.25, -0.2) is 0 Å². The van der Waals surface area contributed by atoms with Gasteiger partial charge in [-0.05, 0) is 43.4 Å². The lowest BCUT2D eigenvalue weighted by Crippen LogP contribution is -2.21. The van der Waals surface area contributed by atoms with Crippen LogP contribution in [0.3, 0.4) is 0 Å². The lowest BCUT2D eigenvalue weighted by molar-refractivity contribution is 0.238. The van der Waals surface area contributed by atoms with Crippen molar-refractivity contribution in [2.45, 2.75) is 38.8 Å². The molecule has 3 heteroatoms. The summed E-state index contributed by atoms with van der Waals surface area (Å²) in [5, 5.41) is 12.8. The van der Waals surface area contributed by atoms with Crippen molar-refractivity contribution in [2.24, 2.45) is 5.92 Å². The van der Waals surface area contributed by atoms with Crippen LogP contribution in [0, 0.1) is 12.8 Å². The minimum Gasteiger partial charge on any atom is -0.396 e. The van der Waals surface area contributed by atoms with Crippen LogP contribution in [0.2, 0.25) is 0 Å². The van der Waals surface area contributed by atoms with Crippen LogP contribution in [0.5, 0.6) is 0 Å². The number of aliphatic hydroxyl groups excluding tert-OH is 1. The third-order valence-corrected chi connectivity index (χ3v) is 4.32. The van der Waals surface area contributed by atoms with Gasteiger partial charge in [-0.2, -0.15) is 0 Å². The molecule has 2 N–H and O–H groups in total. The zero-order chi connectivity index (χ0) is 13.2. The number of benzene rings is 1. The van der Waals surface area contributed by atoms with Crippen LogP contribution in [0.4, 0.5) is 5.69 Å². The number of hydrogen-bond donors (Lipinski definition) is 2. The second-order valence-electron chi connectivity index (χ2n) is 6.06. The normalized spacial score (nSPS) is 23.1. The summed E-state index contributed by atoms with van der Waals surface area (Å²) in [6.07, 6.45) is 3.79. The molecule has 19 heavy (non-hydrogen) atoms. The van der Waals surface area contributed by atoms with Crippen LogP contribution in [0.1, 0.15) is 30.4 Å². The molecule has 1 atom stereocenters. The maximum atomic E-state index is 9.24. The third kappa shape index (κ3) is 3.10. The van der Waals surface area contributed by atoms with Gasteiger partial charge in [0.2, 0.25) is 0 Å². The number of nitrogens with zero attached hydrogens (tertiary/aromatic N) is 1. The molecule has 3 nitrogen and oxygen atoms in total. The summed E-state index contributed by atoms with van der Waals surface area (Å²) in [5.41, 5.74) is 4.07. The molecular weight excluding hydrogens is 236 g/mol. The van der Waals surface area contributed by atoms with E-state index in [1.807, 2.05) is 0 Å². The predicted octanol–water partition coefficient (Wildman–Crippen LogP) is 2.07. The highest BCUT2D eigenvalue weighted by molar-refractivity contribution is 5.55. The Morgan fingerprint density at radius 2 is 2.16 bits per heavy atom. The van der Waals surface area contributed by atoms with E-state index in [1.165, 1.54) is 29.7 Å². The highest BCUT2D eigenvalue weighted by atomic mass is 16.3. The molecule has 0 bridgehead atoms. The summed E-state index contributed by atoms with van der Waals surface area (Å²) in [7, 11) is 0. The Kier molecular flexibility index (Phi) is 3.76. The summed E-state index contributed by atoms with van der Waals surface area (Å²) < 4.78 is 0.